The van der Waals surface area contributed by atoms with Gasteiger partial charge < -0.3 is 15.4 Å². The van der Waals surface area contributed by atoms with E-state index in [1.807, 2.05) is 30.3 Å². The number of hydrogen-bond donors (Lipinski definition) is 3. The van der Waals surface area contributed by atoms with Crippen LogP contribution in [0, 0.1) is 5.92 Å². The summed E-state index contributed by atoms with van der Waals surface area (Å²) in [5, 5.41) is 8.73. The number of rotatable bonds is 10. The van der Waals surface area contributed by atoms with Crippen LogP contribution in [0.4, 0.5) is 11.4 Å². The molecule has 0 bridgehead atoms. The second-order valence-corrected chi connectivity index (χ2v) is 8.98. The number of thiocarbonyl (C=S) groups is 1. The molecule has 0 saturated heterocycles. The molecule has 0 aromatic heterocycles. The van der Waals surface area contributed by atoms with Crippen LogP contribution in [0.1, 0.15) is 42.6 Å². The molecule has 182 valence electrons. The molecule has 7 heteroatoms. The number of nitrogens with one attached hydrogen (secondary N) is 3. The van der Waals surface area contributed by atoms with Crippen LogP contribution in [-0.4, -0.2) is 23.5 Å². The zero-order valence-corrected chi connectivity index (χ0v) is 20.9. The summed E-state index contributed by atoms with van der Waals surface area (Å²) < 4.78 is 5.68. The Labute approximate surface area is 212 Å². The molecular formula is C28H31N3O3S. The topological polar surface area (TPSA) is 79.5 Å². The van der Waals surface area contributed by atoms with Crippen molar-refractivity contribution >= 4 is 40.5 Å². The smallest absolute Gasteiger partial charge is 0.257 e. The van der Waals surface area contributed by atoms with Crippen LogP contribution < -0.4 is 20.7 Å². The summed E-state index contributed by atoms with van der Waals surface area (Å²) >= 11 is 5.27. The van der Waals surface area contributed by atoms with Crippen molar-refractivity contribution in [2.75, 3.05) is 17.2 Å². The quantitative estimate of drug-likeness (QED) is 0.313. The molecule has 3 rings (SSSR count). The third-order valence-electron chi connectivity index (χ3n) is 5.22. The van der Waals surface area contributed by atoms with E-state index in [2.05, 4.69) is 29.8 Å². The van der Waals surface area contributed by atoms with E-state index in [1.54, 1.807) is 48.5 Å². The number of amides is 2. The maximum Gasteiger partial charge on any atom is 0.257 e. The van der Waals surface area contributed by atoms with Crippen LogP contribution in [-0.2, 0) is 11.2 Å². The van der Waals surface area contributed by atoms with E-state index in [0.717, 1.165) is 17.7 Å². The molecule has 0 spiro atoms. The van der Waals surface area contributed by atoms with Gasteiger partial charge in [0.05, 0.1) is 6.61 Å². The molecule has 0 unspecified atom stereocenters. The van der Waals surface area contributed by atoms with Gasteiger partial charge in [0.2, 0.25) is 5.91 Å². The van der Waals surface area contributed by atoms with Gasteiger partial charge in [0, 0.05) is 23.4 Å². The summed E-state index contributed by atoms with van der Waals surface area (Å²) in [7, 11) is 0. The molecule has 6 nitrogen and oxygen atoms in total. The van der Waals surface area contributed by atoms with Crippen molar-refractivity contribution in [3.63, 3.8) is 0 Å². The predicted octanol–water partition coefficient (Wildman–Crippen LogP) is 5.81. The monoisotopic (exact) mass is 489 g/mol. The summed E-state index contributed by atoms with van der Waals surface area (Å²) in [6.07, 6.45) is 2.07. The zero-order valence-electron chi connectivity index (χ0n) is 20.0. The van der Waals surface area contributed by atoms with E-state index in [-0.39, 0.29) is 16.9 Å². The van der Waals surface area contributed by atoms with Gasteiger partial charge in [-0.05, 0) is 85.1 Å². The predicted molar refractivity (Wildman–Crippen MR) is 145 cm³/mol. The van der Waals surface area contributed by atoms with E-state index in [4.69, 9.17) is 17.0 Å². The number of ether oxygens (including phenoxy) is 1. The second-order valence-electron chi connectivity index (χ2n) is 8.57. The first kappa shape index (κ1) is 25.9. The highest BCUT2D eigenvalue weighted by atomic mass is 32.1. The Morgan fingerprint density at radius 3 is 2.11 bits per heavy atom. The van der Waals surface area contributed by atoms with Crippen LogP contribution in [0.25, 0.3) is 0 Å². The number of benzene rings is 3. The van der Waals surface area contributed by atoms with Crippen molar-refractivity contribution in [1.82, 2.24) is 5.32 Å². The van der Waals surface area contributed by atoms with E-state index in [9.17, 15) is 9.59 Å². The normalized spacial score (nSPS) is 10.5. The fraction of sp³-hybridized carbons (Fsp3) is 0.250. The zero-order chi connectivity index (χ0) is 25.0. The first-order valence-corrected chi connectivity index (χ1v) is 12.1. The molecule has 0 aliphatic heterocycles. The summed E-state index contributed by atoms with van der Waals surface area (Å²) in [6, 6.07) is 24.0. The molecule has 0 aliphatic carbocycles. The molecule has 3 N–H and O–H groups in total. The van der Waals surface area contributed by atoms with Crippen molar-refractivity contribution in [2.45, 2.75) is 33.1 Å². The van der Waals surface area contributed by atoms with Crippen LogP contribution in [0.5, 0.6) is 5.75 Å². The molecule has 3 aromatic carbocycles. The Hall–Kier alpha value is -3.71. The van der Waals surface area contributed by atoms with Gasteiger partial charge in [0.15, 0.2) is 5.11 Å². The molecule has 0 heterocycles. The Bertz CT molecular complexity index is 1110. The molecule has 0 aliphatic rings. The Morgan fingerprint density at radius 2 is 1.49 bits per heavy atom. The maximum absolute atomic E-state index is 12.5. The average Bonchev–Trinajstić information content (AvgIpc) is 2.85. The average molecular weight is 490 g/mol. The minimum Gasteiger partial charge on any atom is -0.494 e. The second kappa shape index (κ2) is 13.2. The highest BCUT2D eigenvalue weighted by Gasteiger charge is 2.09. The molecule has 0 fully saturated rings. The maximum atomic E-state index is 12.5. The van der Waals surface area contributed by atoms with Crippen LogP contribution >= 0.6 is 12.2 Å². The van der Waals surface area contributed by atoms with Gasteiger partial charge in [-0.15, -0.1) is 0 Å². The highest BCUT2D eigenvalue weighted by molar-refractivity contribution is 7.80. The lowest BCUT2D eigenvalue weighted by Gasteiger charge is -2.11. The van der Waals surface area contributed by atoms with E-state index in [1.165, 1.54) is 0 Å². The Kier molecular flexibility index (Phi) is 9.80. The summed E-state index contributed by atoms with van der Waals surface area (Å²) in [5.41, 5.74) is 3.01. The third-order valence-corrected chi connectivity index (χ3v) is 5.42. The van der Waals surface area contributed by atoms with Crippen molar-refractivity contribution in [1.29, 1.82) is 0 Å². The lowest BCUT2D eigenvalue weighted by Crippen LogP contribution is -2.34. The number of carbonyl (C=O) groups excluding carboxylic acids is 2. The van der Waals surface area contributed by atoms with Gasteiger partial charge in [0.1, 0.15) is 5.75 Å². The largest absolute Gasteiger partial charge is 0.494 e. The van der Waals surface area contributed by atoms with Crippen LogP contribution in [0.2, 0.25) is 0 Å². The number of carbonyl (C=O) groups is 2. The van der Waals surface area contributed by atoms with Crippen molar-refractivity contribution in [2.24, 2.45) is 5.92 Å². The number of hydrogen-bond acceptors (Lipinski definition) is 4. The van der Waals surface area contributed by atoms with Gasteiger partial charge in [-0.25, -0.2) is 0 Å². The lowest BCUT2D eigenvalue weighted by atomic mass is 10.1. The van der Waals surface area contributed by atoms with Crippen LogP contribution in [0.3, 0.4) is 0 Å². The SMILES string of the molecule is CC(C)CCOc1ccc(C(=O)NC(=S)Nc2ccc(NC(=O)CCc3ccccc3)cc2)cc1. The van der Waals surface area contributed by atoms with Crippen LogP contribution in [0.15, 0.2) is 78.9 Å². The van der Waals surface area contributed by atoms with Gasteiger partial charge >= 0.3 is 0 Å². The fourth-order valence-electron chi connectivity index (χ4n) is 3.22. The molecule has 0 radical (unpaired) electrons. The Morgan fingerprint density at radius 1 is 0.857 bits per heavy atom. The number of aryl methyl sites for hydroxylation is 1. The minimum atomic E-state index is -0.307. The van der Waals surface area contributed by atoms with Gasteiger partial charge in [-0.3, -0.25) is 14.9 Å². The summed E-state index contributed by atoms with van der Waals surface area (Å²) in [6.45, 7) is 4.94. The molecular weight excluding hydrogens is 458 g/mol. The summed E-state index contributed by atoms with van der Waals surface area (Å²) in [4.78, 5) is 24.7. The lowest BCUT2D eigenvalue weighted by molar-refractivity contribution is -0.116. The molecule has 3 aromatic rings. The standard InChI is InChI=1S/C28H31N3O3S/c1-20(2)18-19-34-25-15-9-22(10-16-25)27(33)31-28(35)30-24-13-11-23(12-14-24)29-26(32)17-8-21-6-4-3-5-7-21/h3-7,9-16,20H,8,17-19H2,1-2H3,(H,29,32)(H2,30,31,33,35). The molecule has 35 heavy (non-hydrogen) atoms. The van der Waals surface area contributed by atoms with Gasteiger partial charge in [-0.2, -0.15) is 0 Å². The first-order valence-electron chi connectivity index (χ1n) is 11.7. The van der Waals surface area contributed by atoms with E-state index in [0.29, 0.717) is 42.3 Å². The van der Waals surface area contributed by atoms with E-state index >= 15 is 0 Å². The highest BCUT2D eigenvalue weighted by Crippen LogP contribution is 2.16. The van der Waals surface area contributed by atoms with Crippen molar-refractivity contribution < 1.29 is 14.3 Å². The minimum absolute atomic E-state index is 0.0475. The van der Waals surface area contributed by atoms with Crippen molar-refractivity contribution in [3.8, 4) is 5.75 Å². The summed E-state index contributed by atoms with van der Waals surface area (Å²) in [5.74, 6) is 0.954. The van der Waals surface area contributed by atoms with Crippen molar-refractivity contribution in [3.05, 3.63) is 90.0 Å². The van der Waals surface area contributed by atoms with Gasteiger partial charge in [-0.1, -0.05) is 44.2 Å². The number of anilines is 2. The third kappa shape index (κ3) is 9.22. The fourth-order valence-corrected chi connectivity index (χ4v) is 3.43. The molecule has 0 saturated carbocycles. The molecule has 2 amide bonds. The first-order chi connectivity index (χ1) is 16.9. The molecule has 0 atom stereocenters. The van der Waals surface area contributed by atoms with E-state index < -0.39 is 0 Å². The Balaban J connectivity index is 1.42. The van der Waals surface area contributed by atoms with Gasteiger partial charge in [0.25, 0.3) is 5.91 Å².